The molecule has 2 aromatic heterocycles. The highest BCUT2D eigenvalue weighted by molar-refractivity contribution is 5.81. The zero-order chi connectivity index (χ0) is 13.4. The maximum Gasteiger partial charge on any atom is 0.267 e. The van der Waals surface area contributed by atoms with Crippen LogP contribution in [0.15, 0.2) is 41.2 Å². The highest BCUT2D eigenvalue weighted by Crippen LogP contribution is 2.17. The number of aryl methyl sites for hydroxylation is 1. The standard InChI is InChI=1S/C13H13N5O/c1-17-11-5-3-2-4-9(11)10(15-17)8-18-13(19)7-6-12(14)16-18/h2-7H,8H2,1H3,(H2,14,16). The van der Waals surface area contributed by atoms with Crippen LogP contribution < -0.4 is 11.3 Å². The van der Waals surface area contributed by atoms with Gasteiger partial charge in [-0.15, -0.1) is 0 Å². The van der Waals surface area contributed by atoms with Crippen LogP contribution in [0.3, 0.4) is 0 Å². The van der Waals surface area contributed by atoms with E-state index in [1.165, 1.54) is 16.8 Å². The molecule has 0 amide bonds. The molecule has 0 radical (unpaired) electrons. The van der Waals surface area contributed by atoms with Crippen LogP contribution in [-0.2, 0) is 13.6 Å². The van der Waals surface area contributed by atoms with Crippen LogP contribution in [0.25, 0.3) is 10.9 Å². The van der Waals surface area contributed by atoms with E-state index >= 15 is 0 Å². The van der Waals surface area contributed by atoms with Crippen molar-refractivity contribution in [1.29, 1.82) is 0 Å². The van der Waals surface area contributed by atoms with Crippen molar-refractivity contribution in [3.8, 4) is 0 Å². The van der Waals surface area contributed by atoms with Crippen molar-refractivity contribution in [2.75, 3.05) is 5.73 Å². The third kappa shape index (κ3) is 1.97. The quantitative estimate of drug-likeness (QED) is 0.733. The zero-order valence-electron chi connectivity index (χ0n) is 10.4. The molecule has 0 fully saturated rings. The molecule has 1 aromatic carbocycles. The van der Waals surface area contributed by atoms with Crippen molar-refractivity contribution < 1.29 is 0 Å². The smallest absolute Gasteiger partial charge is 0.267 e. The molecule has 0 saturated carbocycles. The lowest BCUT2D eigenvalue weighted by molar-refractivity contribution is 0.622. The Morgan fingerprint density at radius 2 is 1.95 bits per heavy atom. The second kappa shape index (κ2) is 4.24. The van der Waals surface area contributed by atoms with E-state index in [1.54, 1.807) is 4.68 Å². The van der Waals surface area contributed by atoms with Crippen LogP contribution in [0.1, 0.15) is 5.69 Å². The van der Waals surface area contributed by atoms with Crippen LogP contribution in [0.5, 0.6) is 0 Å². The van der Waals surface area contributed by atoms with Gasteiger partial charge in [-0.1, -0.05) is 18.2 Å². The monoisotopic (exact) mass is 255 g/mol. The number of hydrogen-bond donors (Lipinski definition) is 1. The van der Waals surface area contributed by atoms with Crippen molar-refractivity contribution >= 4 is 16.7 Å². The van der Waals surface area contributed by atoms with Crippen LogP contribution in [-0.4, -0.2) is 19.6 Å². The van der Waals surface area contributed by atoms with Crippen LogP contribution >= 0.6 is 0 Å². The van der Waals surface area contributed by atoms with Crippen molar-refractivity contribution in [3.63, 3.8) is 0 Å². The van der Waals surface area contributed by atoms with E-state index in [1.807, 2.05) is 31.3 Å². The number of nitrogens with zero attached hydrogens (tertiary/aromatic N) is 4. The van der Waals surface area contributed by atoms with E-state index in [0.29, 0.717) is 12.4 Å². The molecule has 0 bridgehead atoms. The summed E-state index contributed by atoms with van der Waals surface area (Å²) in [6.45, 7) is 0.311. The van der Waals surface area contributed by atoms with Gasteiger partial charge < -0.3 is 5.73 Å². The molecule has 0 aliphatic rings. The molecule has 0 spiro atoms. The Balaban J connectivity index is 2.11. The van der Waals surface area contributed by atoms with E-state index in [9.17, 15) is 4.79 Å². The van der Waals surface area contributed by atoms with E-state index in [0.717, 1.165) is 16.6 Å². The normalized spacial score (nSPS) is 11.0. The molecule has 0 aliphatic carbocycles. The predicted octanol–water partition coefficient (Wildman–Crippen LogP) is 0.760. The van der Waals surface area contributed by atoms with Gasteiger partial charge in [0.2, 0.25) is 0 Å². The summed E-state index contributed by atoms with van der Waals surface area (Å²) in [6, 6.07) is 10.8. The number of aromatic nitrogens is 4. The largest absolute Gasteiger partial charge is 0.382 e. The van der Waals surface area contributed by atoms with Gasteiger partial charge in [0.05, 0.1) is 17.8 Å². The molecule has 0 aliphatic heterocycles. The molecular weight excluding hydrogens is 242 g/mol. The van der Waals surface area contributed by atoms with Gasteiger partial charge in [-0.05, 0) is 12.1 Å². The first kappa shape index (κ1) is 11.5. The molecule has 19 heavy (non-hydrogen) atoms. The van der Waals surface area contributed by atoms with Crippen LogP contribution in [0.2, 0.25) is 0 Å². The highest BCUT2D eigenvalue weighted by atomic mass is 16.1. The lowest BCUT2D eigenvalue weighted by Gasteiger charge is -2.02. The second-order valence-corrected chi connectivity index (χ2v) is 4.34. The Bertz CT molecular complexity index is 802. The van der Waals surface area contributed by atoms with E-state index in [-0.39, 0.29) is 5.56 Å². The van der Waals surface area contributed by atoms with Gasteiger partial charge in [-0.25, -0.2) is 4.68 Å². The minimum Gasteiger partial charge on any atom is -0.382 e. The van der Waals surface area contributed by atoms with Crippen LogP contribution in [0.4, 0.5) is 5.82 Å². The zero-order valence-corrected chi connectivity index (χ0v) is 10.4. The molecule has 0 atom stereocenters. The number of anilines is 1. The van der Waals surface area contributed by atoms with Gasteiger partial charge in [-0.2, -0.15) is 10.2 Å². The van der Waals surface area contributed by atoms with Crippen molar-refractivity contribution in [1.82, 2.24) is 19.6 Å². The van der Waals surface area contributed by atoms with Gasteiger partial charge in [0, 0.05) is 18.5 Å². The third-order valence-electron chi connectivity index (χ3n) is 3.02. The molecule has 0 saturated heterocycles. The summed E-state index contributed by atoms with van der Waals surface area (Å²) in [4.78, 5) is 11.7. The minimum absolute atomic E-state index is 0.191. The number of nitrogen functional groups attached to an aromatic ring is 1. The number of para-hydroxylation sites is 1. The van der Waals surface area contributed by atoms with Gasteiger partial charge in [0.1, 0.15) is 5.82 Å². The molecular formula is C13H13N5O. The minimum atomic E-state index is -0.191. The Morgan fingerprint density at radius 1 is 1.16 bits per heavy atom. The Hall–Kier alpha value is -2.63. The lowest BCUT2D eigenvalue weighted by atomic mass is 10.2. The summed E-state index contributed by atoms with van der Waals surface area (Å²) >= 11 is 0. The Labute approximate surface area is 109 Å². The molecule has 96 valence electrons. The fraction of sp³-hybridized carbons (Fsp3) is 0.154. The summed E-state index contributed by atoms with van der Waals surface area (Å²) in [5.41, 5.74) is 7.24. The molecule has 6 nitrogen and oxygen atoms in total. The number of hydrogen-bond acceptors (Lipinski definition) is 4. The average Bonchev–Trinajstić information content (AvgIpc) is 2.72. The van der Waals surface area contributed by atoms with Crippen molar-refractivity contribution in [2.45, 2.75) is 6.54 Å². The van der Waals surface area contributed by atoms with Gasteiger partial charge in [0.25, 0.3) is 5.56 Å². The average molecular weight is 255 g/mol. The number of fused-ring (bicyclic) bond motifs is 1. The molecule has 6 heteroatoms. The van der Waals surface area contributed by atoms with E-state index in [2.05, 4.69) is 10.2 Å². The summed E-state index contributed by atoms with van der Waals surface area (Å²) in [7, 11) is 1.88. The number of rotatable bonds is 2. The second-order valence-electron chi connectivity index (χ2n) is 4.34. The predicted molar refractivity (Wildman–Crippen MR) is 72.7 cm³/mol. The van der Waals surface area contributed by atoms with Gasteiger partial charge in [-0.3, -0.25) is 9.48 Å². The fourth-order valence-corrected chi connectivity index (χ4v) is 2.13. The van der Waals surface area contributed by atoms with E-state index < -0.39 is 0 Å². The maximum absolute atomic E-state index is 11.7. The first-order valence-electron chi connectivity index (χ1n) is 5.89. The number of benzene rings is 1. The highest BCUT2D eigenvalue weighted by Gasteiger charge is 2.09. The third-order valence-corrected chi connectivity index (χ3v) is 3.02. The first-order chi connectivity index (χ1) is 9.15. The summed E-state index contributed by atoms with van der Waals surface area (Å²) in [5.74, 6) is 0.319. The summed E-state index contributed by atoms with van der Waals surface area (Å²) in [5, 5.41) is 9.46. The number of nitrogens with two attached hydrogens (primary N) is 1. The Kier molecular flexibility index (Phi) is 2.56. The van der Waals surface area contributed by atoms with E-state index in [4.69, 9.17) is 5.73 Å². The summed E-state index contributed by atoms with van der Waals surface area (Å²) in [6.07, 6.45) is 0. The molecule has 2 heterocycles. The molecule has 2 N–H and O–H groups in total. The molecule has 3 aromatic rings. The van der Waals surface area contributed by atoms with Crippen molar-refractivity contribution in [2.24, 2.45) is 7.05 Å². The first-order valence-corrected chi connectivity index (χ1v) is 5.89. The maximum atomic E-state index is 11.7. The molecule has 3 rings (SSSR count). The van der Waals surface area contributed by atoms with Crippen molar-refractivity contribution in [3.05, 3.63) is 52.4 Å². The van der Waals surface area contributed by atoms with Crippen LogP contribution in [0, 0.1) is 0 Å². The fourth-order valence-electron chi connectivity index (χ4n) is 2.13. The lowest BCUT2D eigenvalue weighted by Crippen LogP contribution is -2.23. The Morgan fingerprint density at radius 3 is 2.79 bits per heavy atom. The topological polar surface area (TPSA) is 78.7 Å². The summed E-state index contributed by atoms with van der Waals surface area (Å²) < 4.78 is 3.12. The van der Waals surface area contributed by atoms with Gasteiger partial charge in [0.15, 0.2) is 0 Å². The van der Waals surface area contributed by atoms with Gasteiger partial charge >= 0.3 is 0 Å². The molecule has 0 unspecified atom stereocenters. The SMILES string of the molecule is Cn1nc(Cn2nc(N)ccc2=O)c2ccccc21.